The Balaban J connectivity index is 1.48. The molecule has 0 saturated carbocycles. The van der Waals surface area contributed by atoms with Gasteiger partial charge in [-0.05, 0) is 26.0 Å². The van der Waals surface area contributed by atoms with Gasteiger partial charge in [0.2, 0.25) is 5.91 Å². The van der Waals surface area contributed by atoms with E-state index in [0.29, 0.717) is 37.4 Å². The molecule has 1 aromatic carbocycles. The Labute approximate surface area is 158 Å². The van der Waals surface area contributed by atoms with Crippen LogP contribution >= 0.6 is 0 Å². The smallest absolute Gasteiger partial charge is 0.236 e. The third-order valence-electron chi connectivity index (χ3n) is 5.27. The van der Waals surface area contributed by atoms with E-state index in [-0.39, 0.29) is 23.9 Å². The summed E-state index contributed by atoms with van der Waals surface area (Å²) in [6.07, 6.45) is 0.902. The monoisotopic (exact) mass is 372 g/mol. The van der Waals surface area contributed by atoms with Crippen LogP contribution in [0.15, 0.2) is 24.3 Å². The number of ether oxygens (including phenoxy) is 1. The van der Waals surface area contributed by atoms with Gasteiger partial charge in [0.25, 0.3) is 0 Å². The van der Waals surface area contributed by atoms with E-state index in [4.69, 9.17) is 4.74 Å². The lowest BCUT2D eigenvalue weighted by molar-refractivity contribution is -0.144. The molecule has 1 N–H and O–H groups in total. The maximum absolute atomic E-state index is 14.2. The maximum atomic E-state index is 14.2. The Hall–Kier alpha value is -2.25. The summed E-state index contributed by atoms with van der Waals surface area (Å²) in [5.74, 6) is -0.160. The van der Waals surface area contributed by atoms with Gasteiger partial charge in [-0.2, -0.15) is 5.10 Å². The zero-order valence-electron chi connectivity index (χ0n) is 15.7. The van der Waals surface area contributed by atoms with Crippen molar-refractivity contribution in [2.45, 2.75) is 39.0 Å². The van der Waals surface area contributed by atoms with Crippen molar-refractivity contribution >= 4 is 5.91 Å². The number of hydrogen-bond acceptors (Lipinski definition) is 4. The molecule has 2 atom stereocenters. The number of halogens is 1. The second-order valence-corrected chi connectivity index (χ2v) is 7.53. The molecule has 2 aliphatic heterocycles. The number of nitrogens with zero attached hydrogens (tertiary/aromatic N) is 3. The summed E-state index contributed by atoms with van der Waals surface area (Å²) in [7, 11) is 0. The SMILES string of the molecule is C[C@@H]1CN(C(=O)CN2CCc3[nH]nc(-c4ccccc4F)c3C2)C[C@H](C)O1. The average molecular weight is 372 g/mol. The van der Waals surface area contributed by atoms with E-state index in [2.05, 4.69) is 15.1 Å². The van der Waals surface area contributed by atoms with E-state index >= 15 is 0 Å². The second kappa shape index (κ2) is 7.40. The molecule has 1 fully saturated rings. The van der Waals surface area contributed by atoms with Gasteiger partial charge in [0.15, 0.2) is 0 Å². The van der Waals surface area contributed by atoms with Crippen LogP contribution in [0.5, 0.6) is 0 Å². The van der Waals surface area contributed by atoms with Gasteiger partial charge in [-0.3, -0.25) is 14.8 Å². The molecule has 144 valence electrons. The molecule has 0 aliphatic carbocycles. The number of hydrogen-bond donors (Lipinski definition) is 1. The number of carbonyl (C=O) groups is 1. The molecule has 0 radical (unpaired) electrons. The van der Waals surface area contributed by atoms with Crippen molar-refractivity contribution in [3.63, 3.8) is 0 Å². The number of fused-ring (bicyclic) bond motifs is 1. The molecule has 0 spiro atoms. The first-order valence-corrected chi connectivity index (χ1v) is 9.48. The third-order valence-corrected chi connectivity index (χ3v) is 5.27. The molecule has 3 heterocycles. The molecule has 1 aromatic heterocycles. The fraction of sp³-hybridized carbons (Fsp3) is 0.500. The van der Waals surface area contributed by atoms with Crippen LogP contribution in [0.3, 0.4) is 0 Å². The van der Waals surface area contributed by atoms with Gasteiger partial charge >= 0.3 is 0 Å². The first-order chi connectivity index (χ1) is 13.0. The summed E-state index contributed by atoms with van der Waals surface area (Å²) in [6, 6.07) is 6.67. The number of H-pyrrole nitrogens is 1. The highest BCUT2D eigenvalue weighted by atomic mass is 19.1. The molecule has 0 bridgehead atoms. The normalized spacial score (nSPS) is 23.3. The van der Waals surface area contributed by atoms with Crippen molar-refractivity contribution in [3.05, 3.63) is 41.3 Å². The van der Waals surface area contributed by atoms with E-state index < -0.39 is 0 Å². The first-order valence-electron chi connectivity index (χ1n) is 9.48. The van der Waals surface area contributed by atoms with Crippen LogP contribution in [0.25, 0.3) is 11.3 Å². The molecule has 7 heteroatoms. The summed E-state index contributed by atoms with van der Waals surface area (Å²) >= 11 is 0. The number of morpholine rings is 1. The lowest BCUT2D eigenvalue weighted by atomic mass is 10.0. The number of amides is 1. The Morgan fingerprint density at radius 3 is 2.78 bits per heavy atom. The fourth-order valence-electron chi connectivity index (χ4n) is 4.03. The number of benzene rings is 1. The summed E-state index contributed by atoms with van der Waals surface area (Å²) in [5.41, 5.74) is 3.17. The Morgan fingerprint density at radius 2 is 2.04 bits per heavy atom. The summed E-state index contributed by atoms with van der Waals surface area (Å²) < 4.78 is 19.9. The van der Waals surface area contributed by atoms with Crippen LogP contribution in [0.4, 0.5) is 4.39 Å². The average Bonchev–Trinajstić information content (AvgIpc) is 3.04. The van der Waals surface area contributed by atoms with Crippen molar-refractivity contribution in [3.8, 4) is 11.3 Å². The number of aromatic nitrogens is 2. The highest BCUT2D eigenvalue weighted by Gasteiger charge is 2.29. The molecule has 27 heavy (non-hydrogen) atoms. The van der Waals surface area contributed by atoms with Crippen LogP contribution in [-0.2, 0) is 22.5 Å². The maximum Gasteiger partial charge on any atom is 0.236 e. The largest absolute Gasteiger partial charge is 0.372 e. The molecule has 2 aromatic rings. The van der Waals surface area contributed by atoms with Gasteiger partial charge in [0.1, 0.15) is 5.82 Å². The highest BCUT2D eigenvalue weighted by Crippen LogP contribution is 2.30. The van der Waals surface area contributed by atoms with Crippen molar-refractivity contribution in [1.82, 2.24) is 20.0 Å². The first kappa shape index (κ1) is 18.1. The molecule has 2 aliphatic rings. The summed E-state index contributed by atoms with van der Waals surface area (Å²) in [5, 5.41) is 7.39. The minimum Gasteiger partial charge on any atom is -0.372 e. The predicted molar refractivity (Wildman–Crippen MR) is 99.6 cm³/mol. The Kier molecular flexibility index (Phi) is 4.97. The molecular formula is C20H25FN4O2. The standard InChI is InChI=1S/C20H25FN4O2/c1-13-9-25(10-14(2)27-13)19(26)12-24-8-7-18-16(11-24)20(23-22-18)15-5-3-4-6-17(15)21/h3-6,13-14H,7-12H2,1-2H3,(H,22,23)/t13-,14+. The third kappa shape index (κ3) is 3.75. The quantitative estimate of drug-likeness (QED) is 0.897. The van der Waals surface area contributed by atoms with E-state index in [1.54, 1.807) is 12.1 Å². The number of nitrogens with one attached hydrogen (secondary N) is 1. The van der Waals surface area contributed by atoms with Crippen LogP contribution < -0.4 is 0 Å². The summed E-state index contributed by atoms with van der Waals surface area (Å²) in [6.45, 7) is 7.00. The van der Waals surface area contributed by atoms with Crippen molar-refractivity contribution in [2.75, 3.05) is 26.2 Å². The van der Waals surface area contributed by atoms with Gasteiger partial charge in [-0.15, -0.1) is 0 Å². The van der Waals surface area contributed by atoms with Crippen LogP contribution in [0.2, 0.25) is 0 Å². The highest BCUT2D eigenvalue weighted by molar-refractivity contribution is 5.78. The molecule has 1 saturated heterocycles. The topological polar surface area (TPSA) is 61.5 Å². The lowest BCUT2D eigenvalue weighted by Crippen LogP contribution is -2.51. The van der Waals surface area contributed by atoms with E-state index in [0.717, 1.165) is 24.2 Å². The molecule has 6 nitrogen and oxygen atoms in total. The fourth-order valence-corrected chi connectivity index (χ4v) is 4.03. The van der Waals surface area contributed by atoms with Gasteiger partial charge in [0.05, 0.1) is 24.4 Å². The number of carbonyl (C=O) groups excluding carboxylic acids is 1. The lowest BCUT2D eigenvalue weighted by Gasteiger charge is -2.37. The van der Waals surface area contributed by atoms with E-state index in [1.807, 2.05) is 24.8 Å². The van der Waals surface area contributed by atoms with Gasteiger partial charge in [0, 0.05) is 49.4 Å². The Morgan fingerprint density at radius 1 is 1.30 bits per heavy atom. The van der Waals surface area contributed by atoms with E-state index in [9.17, 15) is 9.18 Å². The zero-order valence-corrected chi connectivity index (χ0v) is 15.7. The van der Waals surface area contributed by atoms with Gasteiger partial charge < -0.3 is 9.64 Å². The number of aromatic amines is 1. The van der Waals surface area contributed by atoms with Crippen LogP contribution in [-0.4, -0.2) is 64.3 Å². The van der Waals surface area contributed by atoms with Crippen molar-refractivity contribution in [2.24, 2.45) is 0 Å². The van der Waals surface area contributed by atoms with Crippen molar-refractivity contribution in [1.29, 1.82) is 0 Å². The minimum absolute atomic E-state index is 0.0622. The molecule has 4 rings (SSSR count). The van der Waals surface area contributed by atoms with Gasteiger partial charge in [-0.1, -0.05) is 12.1 Å². The van der Waals surface area contributed by atoms with Crippen LogP contribution in [0.1, 0.15) is 25.1 Å². The minimum atomic E-state index is -0.281. The predicted octanol–water partition coefficient (Wildman–Crippen LogP) is 2.21. The van der Waals surface area contributed by atoms with E-state index in [1.165, 1.54) is 6.07 Å². The number of rotatable bonds is 3. The summed E-state index contributed by atoms with van der Waals surface area (Å²) in [4.78, 5) is 16.8. The molecular weight excluding hydrogens is 347 g/mol. The van der Waals surface area contributed by atoms with Crippen LogP contribution in [0, 0.1) is 5.82 Å². The van der Waals surface area contributed by atoms with Gasteiger partial charge in [-0.25, -0.2) is 4.39 Å². The Bertz CT molecular complexity index is 827. The zero-order chi connectivity index (χ0) is 19.0. The molecule has 0 unspecified atom stereocenters. The second-order valence-electron chi connectivity index (χ2n) is 7.53. The molecule has 1 amide bonds. The van der Waals surface area contributed by atoms with Crippen molar-refractivity contribution < 1.29 is 13.9 Å².